The summed E-state index contributed by atoms with van der Waals surface area (Å²) in [6.45, 7) is 2.83. The van der Waals surface area contributed by atoms with Crippen molar-refractivity contribution in [1.29, 1.82) is 0 Å². The first-order chi connectivity index (χ1) is 12.7. The van der Waals surface area contributed by atoms with Gasteiger partial charge in [0.1, 0.15) is 11.4 Å². The molecule has 0 radical (unpaired) electrons. The first-order valence-electron chi connectivity index (χ1n) is 9.71. The number of rotatable bonds is 6. The molecule has 26 heavy (non-hydrogen) atoms. The number of aryl methyl sites for hydroxylation is 1. The maximum absolute atomic E-state index is 13.0. The van der Waals surface area contributed by atoms with E-state index in [1.54, 1.807) is 7.11 Å². The highest BCUT2D eigenvalue weighted by Crippen LogP contribution is 2.44. The summed E-state index contributed by atoms with van der Waals surface area (Å²) in [6, 6.07) is 10.0. The van der Waals surface area contributed by atoms with E-state index in [9.17, 15) is 4.79 Å². The van der Waals surface area contributed by atoms with Gasteiger partial charge in [-0.15, -0.1) is 0 Å². The van der Waals surface area contributed by atoms with E-state index in [4.69, 9.17) is 9.84 Å². The van der Waals surface area contributed by atoms with Crippen molar-refractivity contribution < 1.29 is 9.53 Å². The van der Waals surface area contributed by atoms with Crippen molar-refractivity contribution in [2.75, 3.05) is 7.11 Å². The molecule has 1 amide bonds. The largest absolute Gasteiger partial charge is 0.496 e. The van der Waals surface area contributed by atoms with Gasteiger partial charge >= 0.3 is 0 Å². The number of benzene rings is 1. The third-order valence-electron chi connectivity index (χ3n) is 5.89. The molecule has 1 heterocycles. The van der Waals surface area contributed by atoms with Crippen molar-refractivity contribution in [1.82, 2.24) is 15.1 Å². The lowest BCUT2D eigenvalue weighted by Crippen LogP contribution is -2.39. The number of ether oxygens (including phenoxy) is 1. The SMILES string of the molecule is CCCn1nc(-c2ccccc2OC)cc1C(=O)N[C@@H]1C[C@H]2CC[C@H]1C2. The van der Waals surface area contributed by atoms with Crippen LogP contribution in [0.5, 0.6) is 5.75 Å². The van der Waals surface area contributed by atoms with E-state index in [2.05, 4.69) is 12.2 Å². The summed E-state index contributed by atoms with van der Waals surface area (Å²) >= 11 is 0. The van der Waals surface area contributed by atoms with Crippen LogP contribution >= 0.6 is 0 Å². The van der Waals surface area contributed by atoms with Crippen LogP contribution in [0, 0.1) is 11.8 Å². The number of carbonyl (C=O) groups excluding carboxylic acids is 1. The van der Waals surface area contributed by atoms with Crippen LogP contribution in [0.25, 0.3) is 11.3 Å². The Morgan fingerprint density at radius 1 is 1.31 bits per heavy atom. The van der Waals surface area contributed by atoms with Gasteiger partial charge in [0.25, 0.3) is 5.91 Å². The number of para-hydroxylation sites is 1. The van der Waals surface area contributed by atoms with Gasteiger partial charge in [-0.1, -0.05) is 25.5 Å². The summed E-state index contributed by atoms with van der Waals surface area (Å²) in [6.07, 6.45) is 5.95. The van der Waals surface area contributed by atoms with Crippen molar-refractivity contribution in [3.8, 4) is 17.0 Å². The maximum atomic E-state index is 13.0. The molecule has 2 aromatic rings. The molecule has 3 atom stereocenters. The zero-order chi connectivity index (χ0) is 18.1. The van der Waals surface area contributed by atoms with Crippen molar-refractivity contribution in [3.05, 3.63) is 36.0 Å². The van der Waals surface area contributed by atoms with E-state index < -0.39 is 0 Å². The number of amides is 1. The predicted octanol–water partition coefficient (Wildman–Crippen LogP) is 3.89. The molecule has 2 bridgehead atoms. The number of fused-ring (bicyclic) bond motifs is 2. The first kappa shape index (κ1) is 17.1. The van der Waals surface area contributed by atoms with Gasteiger partial charge < -0.3 is 10.1 Å². The summed E-state index contributed by atoms with van der Waals surface area (Å²) in [5.41, 5.74) is 2.35. The Kier molecular flexibility index (Phi) is 4.70. The van der Waals surface area contributed by atoms with Crippen LogP contribution in [-0.4, -0.2) is 28.8 Å². The molecular formula is C21H27N3O2. The number of nitrogens with one attached hydrogen (secondary N) is 1. The second kappa shape index (κ2) is 7.14. The number of carbonyl (C=O) groups is 1. The van der Waals surface area contributed by atoms with Crippen LogP contribution < -0.4 is 10.1 Å². The van der Waals surface area contributed by atoms with Gasteiger partial charge in [0.05, 0.1) is 12.8 Å². The van der Waals surface area contributed by atoms with Gasteiger partial charge in [0, 0.05) is 18.2 Å². The van der Waals surface area contributed by atoms with Gasteiger partial charge in [-0.2, -0.15) is 5.10 Å². The van der Waals surface area contributed by atoms with E-state index in [1.807, 2.05) is 35.0 Å². The minimum Gasteiger partial charge on any atom is -0.496 e. The average molecular weight is 353 g/mol. The normalized spacial score (nSPS) is 24.0. The molecule has 2 fully saturated rings. The molecule has 0 spiro atoms. The number of hydrogen-bond acceptors (Lipinski definition) is 3. The monoisotopic (exact) mass is 353 g/mol. The summed E-state index contributed by atoms with van der Waals surface area (Å²) in [5.74, 6) is 2.26. The fourth-order valence-corrected chi connectivity index (χ4v) is 4.63. The van der Waals surface area contributed by atoms with Crippen LogP contribution in [0.15, 0.2) is 30.3 Å². The van der Waals surface area contributed by atoms with Crippen molar-refractivity contribution >= 4 is 5.91 Å². The quantitative estimate of drug-likeness (QED) is 0.857. The smallest absolute Gasteiger partial charge is 0.269 e. The minimum atomic E-state index is 0.00430. The Morgan fingerprint density at radius 3 is 2.85 bits per heavy atom. The Bertz CT molecular complexity index is 798. The second-order valence-corrected chi connectivity index (χ2v) is 7.59. The van der Waals surface area contributed by atoms with Gasteiger partial charge in [-0.3, -0.25) is 9.48 Å². The van der Waals surface area contributed by atoms with Crippen molar-refractivity contribution in [3.63, 3.8) is 0 Å². The van der Waals surface area contributed by atoms with Gasteiger partial charge in [0.15, 0.2) is 0 Å². The summed E-state index contributed by atoms with van der Waals surface area (Å²) in [4.78, 5) is 13.0. The van der Waals surface area contributed by atoms with Crippen LogP contribution in [0.4, 0.5) is 0 Å². The minimum absolute atomic E-state index is 0.00430. The summed E-state index contributed by atoms with van der Waals surface area (Å²) < 4.78 is 7.30. The maximum Gasteiger partial charge on any atom is 0.269 e. The Labute approximate surface area is 154 Å². The Balaban J connectivity index is 1.60. The lowest BCUT2D eigenvalue weighted by Gasteiger charge is -2.22. The van der Waals surface area contributed by atoms with E-state index in [1.165, 1.54) is 19.3 Å². The lowest BCUT2D eigenvalue weighted by molar-refractivity contribution is 0.0911. The Morgan fingerprint density at radius 2 is 2.15 bits per heavy atom. The zero-order valence-electron chi connectivity index (χ0n) is 15.6. The molecule has 5 heteroatoms. The van der Waals surface area contributed by atoms with Crippen LogP contribution in [0.2, 0.25) is 0 Å². The highest BCUT2D eigenvalue weighted by Gasteiger charge is 2.40. The third kappa shape index (κ3) is 3.11. The van der Waals surface area contributed by atoms with Gasteiger partial charge in [-0.25, -0.2) is 0 Å². The standard InChI is InChI=1S/C21H27N3O2/c1-3-10-24-19(21(25)22-17-12-14-8-9-15(17)11-14)13-18(23-24)16-6-4-5-7-20(16)26-2/h4-7,13-15,17H,3,8-12H2,1-2H3,(H,22,25)/t14-,15-,17+/m0/s1. The fraction of sp³-hybridized carbons (Fsp3) is 0.524. The fourth-order valence-electron chi connectivity index (χ4n) is 4.63. The zero-order valence-corrected chi connectivity index (χ0v) is 15.6. The molecule has 0 unspecified atom stereocenters. The van der Waals surface area contributed by atoms with Crippen LogP contribution in [0.1, 0.15) is 49.5 Å². The van der Waals surface area contributed by atoms with Gasteiger partial charge in [-0.05, 0) is 55.7 Å². The molecule has 5 nitrogen and oxygen atoms in total. The molecule has 2 aliphatic carbocycles. The average Bonchev–Trinajstić information content (AvgIpc) is 3.37. The van der Waals surface area contributed by atoms with Crippen molar-refractivity contribution in [2.24, 2.45) is 11.8 Å². The molecule has 138 valence electrons. The molecule has 1 N–H and O–H groups in total. The van der Waals surface area contributed by atoms with E-state index in [0.29, 0.717) is 17.7 Å². The third-order valence-corrected chi connectivity index (χ3v) is 5.89. The van der Waals surface area contributed by atoms with E-state index >= 15 is 0 Å². The van der Waals surface area contributed by atoms with Crippen molar-refractivity contribution in [2.45, 2.75) is 51.6 Å². The molecular weight excluding hydrogens is 326 g/mol. The molecule has 0 aliphatic heterocycles. The first-order valence-corrected chi connectivity index (χ1v) is 9.71. The molecule has 1 aromatic carbocycles. The number of methoxy groups -OCH3 is 1. The number of nitrogens with zero attached hydrogens (tertiary/aromatic N) is 2. The van der Waals surface area contributed by atoms with E-state index in [0.717, 1.165) is 42.3 Å². The highest BCUT2D eigenvalue weighted by atomic mass is 16.5. The molecule has 2 saturated carbocycles. The lowest BCUT2D eigenvalue weighted by atomic mass is 9.95. The Hall–Kier alpha value is -2.30. The van der Waals surface area contributed by atoms with Crippen LogP contribution in [-0.2, 0) is 6.54 Å². The summed E-state index contributed by atoms with van der Waals surface area (Å²) in [5, 5.41) is 7.99. The molecule has 2 aliphatic rings. The van der Waals surface area contributed by atoms with Gasteiger partial charge in [0.2, 0.25) is 0 Å². The number of aromatic nitrogens is 2. The van der Waals surface area contributed by atoms with Crippen LogP contribution in [0.3, 0.4) is 0 Å². The van der Waals surface area contributed by atoms with E-state index in [-0.39, 0.29) is 5.91 Å². The second-order valence-electron chi connectivity index (χ2n) is 7.59. The predicted molar refractivity (Wildman–Crippen MR) is 101 cm³/mol. The highest BCUT2D eigenvalue weighted by molar-refractivity contribution is 5.94. The molecule has 1 aromatic heterocycles. The number of hydrogen-bond donors (Lipinski definition) is 1. The molecule has 4 rings (SSSR count). The molecule has 0 saturated heterocycles. The topological polar surface area (TPSA) is 56.2 Å². The summed E-state index contributed by atoms with van der Waals surface area (Å²) in [7, 11) is 1.66.